The van der Waals surface area contributed by atoms with Gasteiger partial charge in [0.15, 0.2) is 5.15 Å². The second-order valence-electron chi connectivity index (χ2n) is 5.64. The van der Waals surface area contributed by atoms with Crippen LogP contribution in [0.5, 0.6) is 0 Å². The van der Waals surface area contributed by atoms with Crippen LogP contribution in [-0.4, -0.2) is 44.6 Å². The molecule has 21 heavy (non-hydrogen) atoms. The molecule has 1 atom stereocenters. The van der Waals surface area contributed by atoms with E-state index >= 15 is 0 Å². The minimum absolute atomic E-state index is 0.0323. The van der Waals surface area contributed by atoms with Gasteiger partial charge in [-0.1, -0.05) is 11.6 Å². The van der Waals surface area contributed by atoms with Crippen LogP contribution in [0.15, 0.2) is 12.4 Å². The van der Waals surface area contributed by atoms with Crippen LogP contribution in [-0.2, 0) is 11.3 Å². The van der Waals surface area contributed by atoms with Gasteiger partial charge >= 0.3 is 6.09 Å². The van der Waals surface area contributed by atoms with Crippen molar-refractivity contribution >= 4 is 23.6 Å². The topological polar surface area (TPSA) is 95.4 Å². The third-order valence-corrected chi connectivity index (χ3v) is 4.48. The van der Waals surface area contributed by atoms with Gasteiger partial charge in [-0.25, -0.2) is 9.78 Å². The summed E-state index contributed by atoms with van der Waals surface area (Å²) < 4.78 is 0. The third-order valence-electron chi connectivity index (χ3n) is 4.17. The van der Waals surface area contributed by atoms with Crippen molar-refractivity contribution in [3.8, 4) is 0 Å². The lowest BCUT2D eigenvalue weighted by Gasteiger charge is -2.20. The molecule has 2 amide bonds. The highest BCUT2D eigenvalue weighted by molar-refractivity contribution is 6.29. The van der Waals surface area contributed by atoms with Gasteiger partial charge in [-0.3, -0.25) is 14.7 Å². The van der Waals surface area contributed by atoms with Crippen LogP contribution in [0.4, 0.5) is 4.79 Å². The Bertz CT molecular complexity index is 591. The van der Waals surface area contributed by atoms with Gasteiger partial charge < -0.3 is 10.4 Å². The van der Waals surface area contributed by atoms with E-state index in [-0.39, 0.29) is 23.0 Å². The molecule has 1 saturated heterocycles. The van der Waals surface area contributed by atoms with Gasteiger partial charge in [0, 0.05) is 18.9 Å². The quantitative estimate of drug-likeness (QED) is 0.877. The van der Waals surface area contributed by atoms with E-state index in [0.717, 1.165) is 12.8 Å². The number of aromatic nitrogens is 2. The maximum absolute atomic E-state index is 12.3. The summed E-state index contributed by atoms with van der Waals surface area (Å²) in [4.78, 5) is 32.7. The summed E-state index contributed by atoms with van der Waals surface area (Å²) in [6.45, 7) is 0.592. The van der Waals surface area contributed by atoms with E-state index < -0.39 is 12.1 Å². The molecule has 1 spiro atoms. The fourth-order valence-electron chi connectivity index (χ4n) is 2.79. The van der Waals surface area contributed by atoms with E-state index in [2.05, 4.69) is 15.3 Å². The lowest BCUT2D eigenvalue weighted by molar-refractivity contribution is -0.125. The molecule has 1 aliphatic heterocycles. The molecule has 2 fully saturated rings. The Kier molecular flexibility index (Phi) is 3.44. The second kappa shape index (κ2) is 5.14. The Morgan fingerprint density at radius 3 is 2.76 bits per heavy atom. The normalized spacial score (nSPS) is 22.3. The Labute approximate surface area is 126 Å². The predicted octanol–water partition coefficient (Wildman–Crippen LogP) is 1.28. The first-order chi connectivity index (χ1) is 10.0. The molecule has 1 aromatic heterocycles. The van der Waals surface area contributed by atoms with Crippen molar-refractivity contribution in [3.05, 3.63) is 23.2 Å². The van der Waals surface area contributed by atoms with Crippen molar-refractivity contribution in [2.24, 2.45) is 5.41 Å². The fraction of sp³-hybridized carbons (Fsp3) is 0.538. The minimum atomic E-state index is -1.04. The number of hydrogen-bond donors (Lipinski definition) is 2. The van der Waals surface area contributed by atoms with Crippen LogP contribution < -0.4 is 5.32 Å². The number of carbonyl (C=O) groups excluding carboxylic acids is 1. The molecule has 7 nitrogen and oxygen atoms in total. The molecule has 2 N–H and O–H groups in total. The summed E-state index contributed by atoms with van der Waals surface area (Å²) in [5.41, 5.74) is 0.499. The molecule has 1 aliphatic carbocycles. The van der Waals surface area contributed by atoms with Crippen LogP contribution in [0.25, 0.3) is 0 Å². The minimum Gasteiger partial charge on any atom is -0.465 e. The van der Waals surface area contributed by atoms with E-state index in [0.29, 0.717) is 18.7 Å². The van der Waals surface area contributed by atoms with Crippen LogP contribution in [0.2, 0.25) is 5.15 Å². The zero-order chi connectivity index (χ0) is 15.0. The van der Waals surface area contributed by atoms with Crippen molar-refractivity contribution in [2.45, 2.75) is 31.8 Å². The van der Waals surface area contributed by atoms with Gasteiger partial charge in [0.2, 0.25) is 5.91 Å². The average molecular weight is 311 g/mol. The molecular weight excluding hydrogens is 296 g/mol. The van der Waals surface area contributed by atoms with Crippen LogP contribution in [0, 0.1) is 5.41 Å². The summed E-state index contributed by atoms with van der Waals surface area (Å²) >= 11 is 5.87. The van der Waals surface area contributed by atoms with Gasteiger partial charge in [-0.15, -0.1) is 0 Å². The van der Waals surface area contributed by atoms with E-state index in [4.69, 9.17) is 11.6 Å². The van der Waals surface area contributed by atoms with Crippen LogP contribution in [0.1, 0.15) is 25.0 Å². The van der Waals surface area contributed by atoms with Gasteiger partial charge in [0.05, 0.1) is 12.2 Å². The number of likely N-dealkylation sites (tertiary alicyclic amines) is 1. The maximum Gasteiger partial charge on any atom is 0.407 e. The fourth-order valence-corrected chi connectivity index (χ4v) is 2.96. The summed E-state index contributed by atoms with van der Waals surface area (Å²) in [5.74, 6) is -0.303. The van der Waals surface area contributed by atoms with Crippen molar-refractivity contribution in [3.63, 3.8) is 0 Å². The number of hydrogen-bond acceptors (Lipinski definition) is 4. The highest BCUT2D eigenvalue weighted by atomic mass is 35.5. The van der Waals surface area contributed by atoms with Gasteiger partial charge in [-0.2, -0.15) is 0 Å². The Morgan fingerprint density at radius 1 is 1.43 bits per heavy atom. The SMILES string of the molecule is O=C(NCc1nccnc1Cl)[C@@H]1CC2(CC2)CN1C(=O)O. The molecule has 1 aromatic rings. The van der Waals surface area contributed by atoms with Crippen molar-refractivity contribution < 1.29 is 14.7 Å². The molecule has 1 saturated carbocycles. The molecule has 2 aliphatic rings. The molecule has 0 aromatic carbocycles. The number of halogens is 1. The highest BCUT2D eigenvalue weighted by Crippen LogP contribution is 2.54. The number of carbonyl (C=O) groups is 2. The summed E-state index contributed by atoms with van der Waals surface area (Å²) in [5, 5.41) is 12.2. The van der Waals surface area contributed by atoms with Crippen LogP contribution in [0.3, 0.4) is 0 Å². The van der Waals surface area contributed by atoms with E-state index in [1.165, 1.54) is 17.3 Å². The Morgan fingerprint density at radius 2 is 2.14 bits per heavy atom. The summed E-state index contributed by atoms with van der Waals surface area (Å²) in [6, 6.07) is -0.625. The lowest BCUT2D eigenvalue weighted by atomic mass is 10.0. The smallest absolute Gasteiger partial charge is 0.407 e. The molecule has 0 radical (unpaired) electrons. The van der Waals surface area contributed by atoms with Crippen molar-refractivity contribution in [2.75, 3.05) is 6.54 Å². The number of amides is 2. The average Bonchev–Trinajstić information content (AvgIpc) is 3.08. The standard InChI is InChI=1S/C13H15ClN4O3/c14-10-8(15-3-4-16-10)6-17-11(19)9-5-13(1-2-13)7-18(9)12(20)21/h3-4,9H,1-2,5-7H2,(H,17,19)(H,20,21)/t9-/m0/s1. The predicted molar refractivity (Wildman–Crippen MR) is 73.7 cm³/mol. The maximum atomic E-state index is 12.3. The number of nitrogens with one attached hydrogen (secondary N) is 1. The van der Waals surface area contributed by atoms with Crippen LogP contribution >= 0.6 is 11.6 Å². The zero-order valence-electron chi connectivity index (χ0n) is 11.3. The lowest BCUT2D eigenvalue weighted by Crippen LogP contribution is -2.45. The summed E-state index contributed by atoms with van der Waals surface area (Å²) in [7, 11) is 0. The molecule has 3 rings (SSSR count). The molecule has 8 heteroatoms. The number of nitrogens with zero attached hydrogens (tertiary/aromatic N) is 3. The van der Waals surface area contributed by atoms with Gasteiger partial charge in [-0.05, 0) is 24.7 Å². The number of carboxylic acid groups (broad SMARTS) is 1. The first-order valence-corrected chi connectivity index (χ1v) is 7.11. The van der Waals surface area contributed by atoms with Gasteiger partial charge in [0.25, 0.3) is 0 Å². The van der Waals surface area contributed by atoms with Crippen molar-refractivity contribution in [1.29, 1.82) is 0 Å². The monoisotopic (exact) mass is 310 g/mol. The van der Waals surface area contributed by atoms with E-state index in [9.17, 15) is 14.7 Å². The molecule has 2 heterocycles. The molecular formula is C13H15ClN4O3. The largest absolute Gasteiger partial charge is 0.465 e. The van der Waals surface area contributed by atoms with Gasteiger partial charge in [0.1, 0.15) is 6.04 Å². The third kappa shape index (κ3) is 2.78. The Hall–Kier alpha value is -1.89. The molecule has 0 unspecified atom stereocenters. The van der Waals surface area contributed by atoms with Crippen molar-refractivity contribution in [1.82, 2.24) is 20.2 Å². The van der Waals surface area contributed by atoms with E-state index in [1.807, 2.05) is 0 Å². The van der Waals surface area contributed by atoms with E-state index in [1.54, 1.807) is 0 Å². The molecule has 0 bridgehead atoms. The second-order valence-corrected chi connectivity index (χ2v) is 6.00. The Balaban J connectivity index is 1.65. The first-order valence-electron chi connectivity index (χ1n) is 6.73. The summed E-state index contributed by atoms with van der Waals surface area (Å²) in [6.07, 6.45) is 4.50. The first kappa shape index (κ1) is 14.1. The molecule has 112 valence electrons. The zero-order valence-corrected chi connectivity index (χ0v) is 12.0. The number of rotatable bonds is 3. The highest BCUT2D eigenvalue weighted by Gasteiger charge is 2.55.